The topological polar surface area (TPSA) is 220 Å². The monoisotopic (exact) mass is 734 g/mol. The van der Waals surface area contributed by atoms with Gasteiger partial charge in [0, 0.05) is 58.5 Å². The molecule has 17 nitrogen and oxygen atoms in total. The molecule has 2 aromatic rings. The Morgan fingerprint density at radius 2 is 1.16 bits per heavy atom. The Labute approximate surface area is 297 Å². The molecule has 0 bridgehead atoms. The second-order valence-corrected chi connectivity index (χ2v) is 13.6. The number of imide groups is 2. The van der Waals surface area contributed by atoms with Gasteiger partial charge < -0.3 is 10.2 Å². The predicted molar refractivity (Wildman–Crippen MR) is 190 cm³/mol. The number of nitrogens with one attached hydrogen (secondary N) is 1. The number of carbonyl (C=O) groups excluding carboxylic acids is 4. The van der Waals surface area contributed by atoms with Crippen molar-refractivity contribution in [2.45, 2.75) is 66.2 Å². The smallest absolute Gasteiger partial charge is 0.269 e. The lowest BCUT2D eigenvalue weighted by Crippen LogP contribution is -2.34. The van der Waals surface area contributed by atoms with Crippen molar-refractivity contribution in [2.75, 3.05) is 55.4 Å². The van der Waals surface area contributed by atoms with E-state index in [4.69, 9.17) is 0 Å². The molecule has 4 amide bonds. The minimum absolute atomic E-state index is 0.0266. The molecular weight excluding hydrogens is 688 g/mol. The first-order valence-corrected chi connectivity index (χ1v) is 18.2. The van der Waals surface area contributed by atoms with Crippen LogP contribution in [-0.2, 0) is 46.3 Å². The predicted octanol–water partition coefficient (Wildman–Crippen LogP) is 3.52. The van der Waals surface area contributed by atoms with Crippen LogP contribution in [0, 0.1) is 20.2 Å². The average molecular weight is 735 g/mol. The summed E-state index contributed by atoms with van der Waals surface area (Å²) in [5.41, 5.74) is 1.24. The van der Waals surface area contributed by atoms with Crippen molar-refractivity contribution in [2.24, 2.45) is 0 Å². The van der Waals surface area contributed by atoms with Crippen molar-refractivity contribution in [3.8, 4) is 0 Å². The van der Waals surface area contributed by atoms with Crippen molar-refractivity contribution >= 4 is 56.5 Å². The third-order valence-corrected chi connectivity index (χ3v) is 8.41. The summed E-state index contributed by atoms with van der Waals surface area (Å²) in [4.78, 5) is 71.8. The fourth-order valence-corrected chi connectivity index (χ4v) is 5.93. The van der Waals surface area contributed by atoms with Crippen molar-refractivity contribution < 1.29 is 41.6 Å². The molecule has 0 spiro atoms. The Bertz CT molecular complexity index is 1650. The average Bonchev–Trinajstić information content (AvgIpc) is 3.78. The van der Waals surface area contributed by atoms with E-state index in [-0.39, 0.29) is 35.7 Å². The summed E-state index contributed by atoms with van der Waals surface area (Å²) < 4.78 is 26.6. The van der Waals surface area contributed by atoms with Gasteiger partial charge in [-0.25, -0.2) is 0 Å². The molecule has 0 aromatic heterocycles. The normalized spacial score (nSPS) is 14.0. The van der Waals surface area contributed by atoms with E-state index in [1.54, 1.807) is 0 Å². The molecule has 0 aliphatic carbocycles. The van der Waals surface area contributed by atoms with Gasteiger partial charge in [-0.3, -0.25) is 53.4 Å². The van der Waals surface area contributed by atoms with Gasteiger partial charge in [-0.05, 0) is 88.0 Å². The van der Waals surface area contributed by atoms with Crippen LogP contribution in [0.5, 0.6) is 0 Å². The number of carbonyl (C=O) groups is 4. The van der Waals surface area contributed by atoms with Crippen LogP contribution in [0.1, 0.15) is 64.5 Å². The molecule has 51 heavy (non-hydrogen) atoms. The first-order chi connectivity index (χ1) is 23.9. The SMILES string of the molecule is C1CCNC1.CC(=O)N(C(C)=O)c1ccc([N+](=O)[O-])cc1CCN1CCCC1.CC(=O)N(C(C)=O)c1ccc([N+](=O)[O-])cc1CCOS(C)(=O)=O. The summed E-state index contributed by atoms with van der Waals surface area (Å²) in [6.45, 7) is 10.0. The molecule has 18 heteroatoms. The van der Waals surface area contributed by atoms with E-state index in [1.165, 1.54) is 84.0 Å². The molecule has 0 radical (unpaired) electrons. The molecule has 2 aromatic carbocycles. The van der Waals surface area contributed by atoms with E-state index < -0.39 is 43.6 Å². The molecule has 2 saturated heterocycles. The zero-order chi connectivity index (χ0) is 38.3. The number of non-ortho nitro benzene ring substituents is 2. The Balaban J connectivity index is 0.000000310. The van der Waals surface area contributed by atoms with Gasteiger partial charge in [0.25, 0.3) is 21.5 Å². The van der Waals surface area contributed by atoms with Crippen molar-refractivity contribution in [1.82, 2.24) is 10.2 Å². The van der Waals surface area contributed by atoms with Crippen molar-refractivity contribution in [3.63, 3.8) is 0 Å². The maximum absolute atomic E-state index is 11.8. The van der Waals surface area contributed by atoms with Gasteiger partial charge in [-0.15, -0.1) is 0 Å². The summed E-state index contributed by atoms with van der Waals surface area (Å²) >= 11 is 0. The van der Waals surface area contributed by atoms with Gasteiger partial charge in [-0.1, -0.05) is 0 Å². The highest BCUT2D eigenvalue weighted by molar-refractivity contribution is 7.85. The second-order valence-electron chi connectivity index (χ2n) is 11.9. The Hall–Kier alpha value is -4.65. The van der Waals surface area contributed by atoms with Crippen molar-refractivity contribution in [1.29, 1.82) is 0 Å². The quantitative estimate of drug-likeness (QED) is 0.199. The summed E-state index contributed by atoms with van der Waals surface area (Å²) in [7, 11) is -3.67. The highest BCUT2D eigenvalue weighted by atomic mass is 32.2. The van der Waals surface area contributed by atoms with Gasteiger partial charge in [0.1, 0.15) is 0 Å². The highest BCUT2D eigenvalue weighted by Gasteiger charge is 2.24. The van der Waals surface area contributed by atoms with Crippen LogP contribution >= 0.6 is 0 Å². The number of hydrogen-bond acceptors (Lipinski definition) is 13. The largest absolute Gasteiger partial charge is 0.317 e. The Morgan fingerprint density at radius 1 is 0.745 bits per heavy atom. The number of benzene rings is 2. The van der Waals surface area contributed by atoms with Crippen LogP contribution in [0.25, 0.3) is 0 Å². The molecule has 280 valence electrons. The maximum Gasteiger partial charge on any atom is 0.269 e. The number of nitro groups is 2. The number of anilines is 2. The lowest BCUT2D eigenvalue weighted by Gasteiger charge is -2.22. The van der Waals surface area contributed by atoms with Crippen LogP contribution in [-0.4, -0.2) is 92.4 Å². The number of nitrogens with zero attached hydrogens (tertiary/aromatic N) is 5. The van der Waals surface area contributed by atoms with E-state index in [9.17, 15) is 47.8 Å². The van der Waals surface area contributed by atoms with Gasteiger partial charge in [0.15, 0.2) is 0 Å². The third kappa shape index (κ3) is 14.2. The van der Waals surface area contributed by atoms with Gasteiger partial charge in [0.05, 0.1) is 34.1 Å². The zero-order valence-electron chi connectivity index (χ0n) is 29.6. The number of amides is 4. The lowest BCUT2D eigenvalue weighted by atomic mass is 10.1. The second kappa shape index (κ2) is 20.3. The molecule has 0 atom stereocenters. The molecule has 2 heterocycles. The fourth-order valence-electron chi connectivity index (χ4n) is 5.54. The Morgan fingerprint density at radius 3 is 1.49 bits per heavy atom. The number of hydrogen-bond donors (Lipinski definition) is 1. The van der Waals surface area contributed by atoms with Gasteiger partial charge in [0.2, 0.25) is 23.6 Å². The molecule has 1 N–H and O–H groups in total. The molecule has 0 unspecified atom stereocenters. The first-order valence-electron chi connectivity index (χ1n) is 16.4. The minimum atomic E-state index is -3.67. The summed E-state index contributed by atoms with van der Waals surface area (Å²) in [6, 6.07) is 7.89. The van der Waals surface area contributed by atoms with Crippen LogP contribution in [0.4, 0.5) is 22.7 Å². The minimum Gasteiger partial charge on any atom is -0.317 e. The number of rotatable bonds is 11. The van der Waals surface area contributed by atoms with Gasteiger partial charge in [-0.2, -0.15) is 8.42 Å². The number of likely N-dealkylation sites (tertiary alicyclic amines) is 1. The third-order valence-electron chi connectivity index (χ3n) is 7.81. The molecule has 4 rings (SSSR count). The first kappa shape index (κ1) is 42.5. The van der Waals surface area contributed by atoms with Gasteiger partial charge >= 0.3 is 0 Å². The van der Waals surface area contributed by atoms with E-state index >= 15 is 0 Å². The summed E-state index contributed by atoms with van der Waals surface area (Å²) in [6.07, 6.45) is 6.51. The lowest BCUT2D eigenvalue weighted by molar-refractivity contribution is -0.385. The summed E-state index contributed by atoms with van der Waals surface area (Å²) in [5, 5.41) is 25.1. The standard InChI is InChI=1S/C16H21N3O4.C13H16N2O7S.C4H9N/c1-12(20)18(13(2)21)16-6-5-15(19(22)23)11-14(16)7-10-17-8-3-4-9-17;1-9(16)14(10(2)17)13-5-4-12(15(18)19)8-11(13)6-7-22-23(3,20)21;1-2-4-5-3-1/h5-6,11H,3-4,7-10H2,1-2H3;4-5,8H,6-7H2,1-3H3;5H,1-4H2. The summed E-state index contributed by atoms with van der Waals surface area (Å²) in [5.74, 6) is -1.91. The van der Waals surface area contributed by atoms with Crippen LogP contribution < -0.4 is 15.1 Å². The fraction of sp³-hybridized carbons (Fsp3) is 0.515. The van der Waals surface area contributed by atoms with E-state index in [0.29, 0.717) is 17.7 Å². The van der Waals surface area contributed by atoms with Crippen LogP contribution in [0.3, 0.4) is 0 Å². The molecule has 0 saturated carbocycles. The molecule has 2 aliphatic heterocycles. The van der Waals surface area contributed by atoms with Crippen LogP contribution in [0.2, 0.25) is 0 Å². The van der Waals surface area contributed by atoms with Crippen molar-refractivity contribution in [3.05, 3.63) is 67.8 Å². The van der Waals surface area contributed by atoms with E-state index in [0.717, 1.165) is 54.6 Å². The Kier molecular flexibility index (Phi) is 16.9. The zero-order valence-corrected chi connectivity index (χ0v) is 30.4. The highest BCUT2D eigenvalue weighted by Crippen LogP contribution is 2.28. The molecule has 2 aliphatic rings. The molecular formula is C33H46N6O11S. The maximum atomic E-state index is 11.8. The van der Waals surface area contributed by atoms with Crippen LogP contribution in [0.15, 0.2) is 36.4 Å². The number of nitro benzene ring substituents is 2. The van der Waals surface area contributed by atoms with E-state index in [2.05, 4.69) is 14.4 Å². The van der Waals surface area contributed by atoms with E-state index in [1.807, 2.05) is 0 Å². The molecule has 2 fully saturated rings.